The van der Waals surface area contributed by atoms with Crippen LogP contribution in [0.3, 0.4) is 0 Å². The molecule has 0 amide bonds. The molecule has 0 bridgehead atoms. The number of hydrogen-bond acceptors (Lipinski definition) is 6. The molecule has 1 fully saturated rings. The van der Waals surface area contributed by atoms with Crippen molar-refractivity contribution < 1.29 is 29.5 Å². The number of aliphatic hydroxyl groups is 3. The second kappa shape index (κ2) is 7.84. The zero-order valence-electron chi connectivity index (χ0n) is 12.0. The molecule has 0 aromatic heterocycles. The first-order valence-corrected chi connectivity index (χ1v) is 7.07. The topological polar surface area (TPSA) is 88.4 Å². The van der Waals surface area contributed by atoms with E-state index < -0.39 is 30.7 Å². The van der Waals surface area contributed by atoms with Crippen LogP contribution in [0, 0.1) is 0 Å². The third-order valence-corrected chi connectivity index (χ3v) is 3.44. The highest BCUT2D eigenvalue weighted by atomic mass is 16.7. The Balaban J connectivity index is 2.00. The van der Waals surface area contributed by atoms with Crippen LogP contribution in [0.1, 0.15) is 12.5 Å². The molecule has 0 saturated carbocycles. The predicted molar refractivity (Wildman–Crippen MR) is 74.4 cm³/mol. The van der Waals surface area contributed by atoms with Gasteiger partial charge in [0.15, 0.2) is 6.29 Å². The van der Waals surface area contributed by atoms with E-state index in [0.717, 1.165) is 5.56 Å². The van der Waals surface area contributed by atoms with Gasteiger partial charge in [0.1, 0.15) is 24.4 Å². The van der Waals surface area contributed by atoms with Gasteiger partial charge in [0.05, 0.1) is 13.2 Å². The summed E-state index contributed by atoms with van der Waals surface area (Å²) in [5.41, 5.74) is 0.933. The van der Waals surface area contributed by atoms with Gasteiger partial charge in [0.25, 0.3) is 0 Å². The fourth-order valence-electron chi connectivity index (χ4n) is 2.33. The van der Waals surface area contributed by atoms with Gasteiger partial charge in [-0.3, -0.25) is 0 Å². The summed E-state index contributed by atoms with van der Waals surface area (Å²) >= 11 is 0. The summed E-state index contributed by atoms with van der Waals surface area (Å²) in [5.74, 6) is 0. The molecule has 1 saturated heterocycles. The van der Waals surface area contributed by atoms with E-state index in [0.29, 0.717) is 6.61 Å². The summed E-state index contributed by atoms with van der Waals surface area (Å²) in [5, 5.41) is 29.6. The van der Waals surface area contributed by atoms with Crippen LogP contribution < -0.4 is 0 Å². The summed E-state index contributed by atoms with van der Waals surface area (Å²) < 4.78 is 16.3. The van der Waals surface area contributed by atoms with Gasteiger partial charge >= 0.3 is 0 Å². The lowest BCUT2D eigenvalue weighted by molar-refractivity contribution is -0.308. The molecule has 1 aromatic rings. The maximum absolute atomic E-state index is 10.2. The SMILES string of the molecule is CCO[C@H]1O[C@H](CO)[C@@H](OCc2ccccc2)[C@@H](O)[C@H]1O. The van der Waals surface area contributed by atoms with Crippen LogP contribution >= 0.6 is 0 Å². The fourth-order valence-corrected chi connectivity index (χ4v) is 2.33. The molecule has 1 aliphatic heterocycles. The van der Waals surface area contributed by atoms with Crippen molar-refractivity contribution in [3.8, 4) is 0 Å². The molecule has 0 radical (unpaired) electrons. The molecule has 118 valence electrons. The summed E-state index contributed by atoms with van der Waals surface area (Å²) in [6.07, 6.45) is -4.92. The van der Waals surface area contributed by atoms with Crippen LogP contribution in [-0.2, 0) is 20.8 Å². The van der Waals surface area contributed by atoms with Crippen LogP contribution in [0.5, 0.6) is 0 Å². The first-order valence-electron chi connectivity index (χ1n) is 7.07. The Hall–Kier alpha value is -1.02. The summed E-state index contributed by atoms with van der Waals surface area (Å²) in [7, 11) is 0. The smallest absolute Gasteiger partial charge is 0.186 e. The largest absolute Gasteiger partial charge is 0.394 e. The van der Waals surface area contributed by atoms with Crippen molar-refractivity contribution in [2.45, 2.75) is 44.2 Å². The highest BCUT2D eigenvalue weighted by Crippen LogP contribution is 2.25. The van der Waals surface area contributed by atoms with Crippen molar-refractivity contribution in [3.05, 3.63) is 35.9 Å². The standard InChI is InChI=1S/C15H22O6/c1-2-19-15-13(18)12(17)14(11(8-16)21-15)20-9-10-6-4-3-5-7-10/h3-7,11-18H,2,8-9H2,1H3/t11-,12+,13-,14-,15+/m1/s1. The Bertz CT molecular complexity index is 410. The molecule has 0 aliphatic carbocycles. The molecular weight excluding hydrogens is 276 g/mol. The van der Waals surface area contributed by atoms with Crippen molar-refractivity contribution in [1.82, 2.24) is 0 Å². The zero-order chi connectivity index (χ0) is 15.2. The molecule has 21 heavy (non-hydrogen) atoms. The number of aliphatic hydroxyl groups excluding tert-OH is 3. The minimum Gasteiger partial charge on any atom is -0.394 e. The molecule has 0 spiro atoms. The van der Waals surface area contributed by atoms with Gasteiger partial charge in [-0.05, 0) is 12.5 Å². The van der Waals surface area contributed by atoms with Gasteiger partial charge in [-0.15, -0.1) is 0 Å². The monoisotopic (exact) mass is 298 g/mol. The summed E-state index contributed by atoms with van der Waals surface area (Å²) in [4.78, 5) is 0. The van der Waals surface area contributed by atoms with Gasteiger partial charge in [-0.25, -0.2) is 0 Å². The first kappa shape index (κ1) is 16.4. The molecule has 6 heteroatoms. The third kappa shape index (κ3) is 4.00. The quantitative estimate of drug-likeness (QED) is 0.687. The number of hydrogen-bond donors (Lipinski definition) is 3. The van der Waals surface area contributed by atoms with E-state index in [-0.39, 0.29) is 13.2 Å². The molecular formula is C15H22O6. The maximum atomic E-state index is 10.2. The highest BCUT2D eigenvalue weighted by Gasteiger charge is 2.45. The Labute approximate surface area is 123 Å². The average molecular weight is 298 g/mol. The summed E-state index contributed by atoms with van der Waals surface area (Å²) in [6, 6.07) is 9.45. The molecule has 5 atom stereocenters. The van der Waals surface area contributed by atoms with E-state index >= 15 is 0 Å². The van der Waals surface area contributed by atoms with E-state index in [4.69, 9.17) is 14.2 Å². The lowest BCUT2D eigenvalue weighted by atomic mass is 9.99. The van der Waals surface area contributed by atoms with Crippen LogP contribution in [-0.4, -0.2) is 59.2 Å². The summed E-state index contributed by atoms with van der Waals surface area (Å²) in [6.45, 7) is 2.03. The highest BCUT2D eigenvalue weighted by molar-refractivity contribution is 5.13. The normalized spacial score (nSPS) is 33.0. The Morgan fingerprint density at radius 3 is 2.43 bits per heavy atom. The van der Waals surface area contributed by atoms with E-state index in [9.17, 15) is 15.3 Å². The molecule has 1 heterocycles. The Morgan fingerprint density at radius 2 is 1.81 bits per heavy atom. The average Bonchev–Trinajstić information content (AvgIpc) is 2.52. The molecule has 1 aromatic carbocycles. The van der Waals surface area contributed by atoms with Gasteiger partial charge in [0.2, 0.25) is 0 Å². The Kier molecular flexibility index (Phi) is 6.10. The first-order chi connectivity index (χ1) is 10.2. The minimum absolute atomic E-state index is 0.258. The van der Waals surface area contributed by atoms with Crippen LogP contribution in [0.4, 0.5) is 0 Å². The van der Waals surface area contributed by atoms with Crippen molar-refractivity contribution in [3.63, 3.8) is 0 Å². The number of rotatable bonds is 6. The van der Waals surface area contributed by atoms with E-state index in [1.165, 1.54) is 0 Å². The Morgan fingerprint density at radius 1 is 1.10 bits per heavy atom. The zero-order valence-corrected chi connectivity index (χ0v) is 12.0. The molecule has 2 rings (SSSR count). The second-order valence-electron chi connectivity index (χ2n) is 4.92. The lowest BCUT2D eigenvalue weighted by Crippen LogP contribution is -2.60. The van der Waals surface area contributed by atoms with Gasteiger partial charge in [-0.2, -0.15) is 0 Å². The van der Waals surface area contributed by atoms with Crippen LogP contribution in [0.2, 0.25) is 0 Å². The minimum atomic E-state index is -1.21. The number of ether oxygens (including phenoxy) is 3. The van der Waals surface area contributed by atoms with Crippen molar-refractivity contribution in [2.24, 2.45) is 0 Å². The predicted octanol–water partition coefficient (Wildman–Crippen LogP) is 0.0473. The third-order valence-electron chi connectivity index (χ3n) is 3.44. The molecule has 0 unspecified atom stereocenters. The molecule has 6 nitrogen and oxygen atoms in total. The maximum Gasteiger partial charge on any atom is 0.186 e. The van der Waals surface area contributed by atoms with E-state index in [2.05, 4.69) is 0 Å². The molecule has 3 N–H and O–H groups in total. The van der Waals surface area contributed by atoms with E-state index in [1.807, 2.05) is 30.3 Å². The van der Waals surface area contributed by atoms with Crippen molar-refractivity contribution in [2.75, 3.05) is 13.2 Å². The van der Waals surface area contributed by atoms with Crippen LogP contribution in [0.15, 0.2) is 30.3 Å². The second-order valence-corrected chi connectivity index (χ2v) is 4.92. The van der Waals surface area contributed by atoms with Crippen LogP contribution in [0.25, 0.3) is 0 Å². The van der Waals surface area contributed by atoms with Crippen molar-refractivity contribution in [1.29, 1.82) is 0 Å². The van der Waals surface area contributed by atoms with Gasteiger partial charge in [0, 0.05) is 6.61 Å². The van der Waals surface area contributed by atoms with Gasteiger partial charge < -0.3 is 29.5 Å². The van der Waals surface area contributed by atoms with Crippen molar-refractivity contribution >= 4 is 0 Å². The number of benzene rings is 1. The van der Waals surface area contributed by atoms with Gasteiger partial charge in [-0.1, -0.05) is 30.3 Å². The fraction of sp³-hybridized carbons (Fsp3) is 0.600. The van der Waals surface area contributed by atoms with E-state index in [1.54, 1.807) is 6.92 Å². The lowest BCUT2D eigenvalue weighted by Gasteiger charge is -2.41. The molecule has 1 aliphatic rings.